The van der Waals surface area contributed by atoms with Crippen LogP contribution in [0.4, 0.5) is 24.5 Å². The van der Waals surface area contributed by atoms with Crippen LogP contribution in [0.5, 0.6) is 11.5 Å². The monoisotopic (exact) mass is 719 g/mol. The van der Waals surface area contributed by atoms with Crippen LogP contribution < -0.4 is 24.6 Å². The third-order valence-electron chi connectivity index (χ3n) is 7.31. The molecule has 0 saturated carbocycles. The number of thioether (sulfide) groups is 1. The summed E-state index contributed by atoms with van der Waals surface area (Å²) in [5.74, 6) is -3.47. The molecule has 3 aromatic carbocycles. The van der Waals surface area contributed by atoms with E-state index in [2.05, 4.69) is 26.2 Å². The maximum Gasteiger partial charge on any atom is 0.418 e. The molecule has 3 amide bonds. The molecule has 3 atom stereocenters. The summed E-state index contributed by atoms with van der Waals surface area (Å²) in [7, 11) is 1.52. The van der Waals surface area contributed by atoms with Gasteiger partial charge in [0.2, 0.25) is 11.8 Å². The Morgan fingerprint density at radius 2 is 1.78 bits per heavy atom. The zero-order chi connectivity index (χ0) is 32.0. The highest BCUT2D eigenvalue weighted by Crippen LogP contribution is 2.55. The quantitative estimate of drug-likeness (QED) is 0.224. The molecule has 9 nitrogen and oxygen atoms in total. The highest BCUT2D eigenvalue weighted by molar-refractivity contribution is 9.10. The SMILES string of the molecule is COc1ccc(NC(=O)COc2ccc(Br)cc2C2c3sc(=O)[nH]c3SC3C(=O)N(c4ccccc4C(F)(F)F)C(=O)C32)cc1. The molecule has 3 heterocycles. The number of hydrogen-bond donors (Lipinski definition) is 2. The van der Waals surface area contributed by atoms with Crippen LogP contribution in [0.15, 0.2) is 81.0 Å². The number of ether oxygens (including phenoxy) is 2. The number of para-hydroxylation sites is 1. The minimum Gasteiger partial charge on any atom is -0.497 e. The summed E-state index contributed by atoms with van der Waals surface area (Å²) in [6, 6.07) is 15.9. The third kappa shape index (κ3) is 5.87. The van der Waals surface area contributed by atoms with Gasteiger partial charge in [-0.25, -0.2) is 4.90 Å². The number of halogens is 4. The zero-order valence-corrected chi connectivity index (χ0v) is 26.2. The van der Waals surface area contributed by atoms with Crippen molar-refractivity contribution in [2.45, 2.75) is 22.4 Å². The van der Waals surface area contributed by atoms with Gasteiger partial charge in [0, 0.05) is 26.5 Å². The molecule has 0 bridgehead atoms. The maximum absolute atomic E-state index is 14.1. The fraction of sp³-hybridized carbons (Fsp3) is 0.200. The first-order chi connectivity index (χ1) is 21.5. The molecule has 0 radical (unpaired) electrons. The molecule has 1 saturated heterocycles. The number of aromatic nitrogens is 1. The Hall–Kier alpha value is -4.08. The Morgan fingerprint density at radius 3 is 2.49 bits per heavy atom. The number of anilines is 2. The Labute approximate surface area is 269 Å². The van der Waals surface area contributed by atoms with Gasteiger partial charge in [0.25, 0.3) is 5.91 Å². The number of H-pyrrole nitrogens is 1. The number of fused-ring (bicyclic) bond motifs is 2. The van der Waals surface area contributed by atoms with Gasteiger partial charge in [-0.1, -0.05) is 51.2 Å². The first-order valence-electron chi connectivity index (χ1n) is 13.3. The second kappa shape index (κ2) is 12.0. The molecular weight excluding hydrogens is 699 g/mol. The van der Waals surface area contributed by atoms with E-state index in [1.54, 1.807) is 42.5 Å². The lowest BCUT2D eigenvalue weighted by Gasteiger charge is -2.31. The molecule has 2 aliphatic heterocycles. The molecule has 0 spiro atoms. The number of rotatable bonds is 7. The van der Waals surface area contributed by atoms with Gasteiger partial charge in [-0.05, 0) is 54.6 Å². The number of carbonyl (C=O) groups excluding carboxylic acids is 3. The number of aromatic amines is 1. The summed E-state index contributed by atoms with van der Waals surface area (Å²) in [6.07, 6.45) is -4.82. The molecule has 15 heteroatoms. The van der Waals surface area contributed by atoms with E-state index in [1.807, 2.05) is 0 Å². The number of thiazole rings is 1. The average Bonchev–Trinajstić information content (AvgIpc) is 3.50. The molecule has 4 aromatic rings. The lowest BCUT2D eigenvalue weighted by molar-refractivity contribution is -0.137. The number of imide groups is 1. The standard InChI is InChI=1S/C30H21BrF3N3O6S2/c1-42-16-9-7-15(8-10-16)35-21(38)13-43-20-11-6-14(31)12-17(20)22-23-25(44-26-24(22)45-29(41)36-26)28(40)37(27(23)39)19-5-3-2-4-18(19)30(32,33)34/h2-12,22-23,25H,13H2,1H3,(H,35,38)(H,36,41). The maximum atomic E-state index is 14.1. The highest BCUT2D eigenvalue weighted by atomic mass is 79.9. The van der Waals surface area contributed by atoms with Gasteiger partial charge in [0.15, 0.2) is 6.61 Å². The topological polar surface area (TPSA) is 118 Å². The number of carbonyl (C=O) groups is 3. The second-order valence-corrected chi connectivity index (χ2v) is 13.1. The third-order valence-corrected chi connectivity index (χ3v) is 10.2. The van der Waals surface area contributed by atoms with Crippen LogP contribution in [-0.4, -0.2) is 41.7 Å². The number of nitrogens with zero attached hydrogens (tertiary/aromatic N) is 1. The van der Waals surface area contributed by atoms with Crippen LogP contribution >= 0.6 is 39.0 Å². The van der Waals surface area contributed by atoms with Crippen molar-refractivity contribution in [3.63, 3.8) is 0 Å². The van der Waals surface area contributed by atoms with Crippen molar-refractivity contribution in [2.75, 3.05) is 23.9 Å². The fourth-order valence-electron chi connectivity index (χ4n) is 5.41. The van der Waals surface area contributed by atoms with Gasteiger partial charge in [0.1, 0.15) is 16.7 Å². The molecule has 45 heavy (non-hydrogen) atoms. The van der Waals surface area contributed by atoms with Crippen molar-refractivity contribution in [1.82, 2.24) is 4.98 Å². The molecule has 232 valence electrons. The molecule has 6 rings (SSSR count). The summed E-state index contributed by atoms with van der Waals surface area (Å²) in [5.41, 5.74) is -0.805. The largest absolute Gasteiger partial charge is 0.497 e. The Bertz CT molecular complexity index is 1880. The zero-order valence-electron chi connectivity index (χ0n) is 23.0. The first kappa shape index (κ1) is 30.9. The van der Waals surface area contributed by atoms with Crippen molar-refractivity contribution < 1.29 is 37.0 Å². The predicted octanol–water partition coefficient (Wildman–Crippen LogP) is 6.04. The van der Waals surface area contributed by atoms with Crippen molar-refractivity contribution in [2.24, 2.45) is 5.92 Å². The first-order valence-corrected chi connectivity index (χ1v) is 15.7. The molecule has 3 unspecified atom stereocenters. The minimum atomic E-state index is -4.82. The van der Waals surface area contributed by atoms with Crippen LogP contribution in [0.2, 0.25) is 0 Å². The number of alkyl halides is 3. The predicted molar refractivity (Wildman–Crippen MR) is 165 cm³/mol. The second-order valence-electron chi connectivity index (χ2n) is 10.0. The summed E-state index contributed by atoms with van der Waals surface area (Å²) < 4.78 is 53.5. The van der Waals surface area contributed by atoms with E-state index in [0.29, 0.717) is 36.3 Å². The van der Waals surface area contributed by atoms with Crippen LogP contribution in [0.25, 0.3) is 0 Å². The van der Waals surface area contributed by atoms with Crippen molar-refractivity contribution in [3.8, 4) is 11.5 Å². The Kier molecular flexibility index (Phi) is 8.26. The lowest BCUT2D eigenvalue weighted by atomic mass is 9.82. The van der Waals surface area contributed by atoms with E-state index in [9.17, 15) is 32.3 Å². The molecule has 0 aliphatic carbocycles. The Morgan fingerprint density at radius 1 is 1.04 bits per heavy atom. The molecule has 1 aromatic heterocycles. The molecule has 2 N–H and O–H groups in total. The fourth-order valence-corrected chi connectivity index (χ4v) is 8.29. The number of hydrogen-bond acceptors (Lipinski definition) is 8. The van der Waals surface area contributed by atoms with Gasteiger partial charge in [-0.3, -0.25) is 19.2 Å². The molecular formula is C30H21BrF3N3O6S2. The van der Waals surface area contributed by atoms with E-state index in [0.717, 1.165) is 35.2 Å². The summed E-state index contributed by atoms with van der Waals surface area (Å²) >= 11 is 5.20. The van der Waals surface area contributed by atoms with E-state index in [1.165, 1.54) is 19.2 Å². The van der Waals surface area contributed by atoms with Crippen LogP contribution in [-0.2, 0) is 20.6 Å². The van der Waals surface area contributed by atoms with Gasteiger partial charge in [0.05, 0.1) is 29.3 Å². The normalized spacial score (nSPS) is 19.2. The summed E-state index contributed by atoms with van der Waals surface area (Å²) in [5, 5.41) is 1.92. The summed E-state index contributed by atoms with van der Waals surface area (Å²) in [4.78, 5) is 56.3. The van der Waals surface area contributed by atoms with Crippen molar-refractivity contribution >= 4 is 68.1 Å². The van der Waals surface area contributed by atoms with Crippen LogP contribution in [0, 0.1) is 5.92 Å². The number of methoxy groups -OCH3 is 1. The number of benzene rings is 3. The lowest BCUT2D eigenvalue weighted by Crippen LogP contribution is -2.33. The van der Waals surface area contributed by atoms with Crippen LogP contribution in [0.3, 0.4) is 0 Å². The van der Waals surface area contributed by atoms with E-state index in [4.69, 9.17) is 9.47 Å². The van der Waals surface area contributed by atoms with Gasteiger partial charge >= 0.3 is 11.0 Å². The van der Waals surface area contributed by atoms with Gasteiger partial charge < -0.3 is 19.8 Å². The molecule has 2 aliphatic rings. The van der Waals surface area contributed by atoms with Crippen molar-refractivity contribution in [1.29, 1.82) is 0 Å². The van der Waals surface area contributed by atoms with Crippen LogP contribution in [0.1, 0.15) is 21.9 Å². The highest BCUT2D eigenvalue weighted by Gasteiger charge is 2.57. The van der Waals surface area contributed by atoms with Gasteiger partial charge in [-0.2, -0.15) is 13.2 Å². The van der Waals surface area contributed by atoms with Crippen molar-refractivity contribution in [3.05, 3.63) is 96.9 Å². The average molecular weight is 721 g/mol. The van der Waals surface area contributed by atoms with E-state index >= 15 is 0 Å². The number of amides is 3. The van der Waals surface area contributed by atoms with Gasteiger partial charge in [-0.15, -0.1) is 0 Å². The Balaban J connectivity index is 1.36. The smallest absolute Gasteiger partial charge is 0.418 e. The summed E-state index contributed by atoms with van der Waals surface area (Å²) in [6.45, 7) is -0.426. The minimum absolute atomic E-state index is 0.194. The molecule has 1 fully saturated rings. The number of nitrogens with one attached hydrogen (secondary N) is 2. The van der Waals surface area contributed by atoms with E-state index in [-0.39, 0.29) is 5.75 Å². The van der Waals surface area contributed by atoms with E-state index < -0.39 is 63.7 Å².